The zero-order valence-corrected chi connectivity index (χ0v) is 18.4. The van der Waals surface area contributed by atoms with Gasteiger partial charge in [0, 0.05) is 11.5 Å². The summed E-state index contributed by atoms with van der Waals surface area (Å²) in [7, 11) is 2.96. The fourth-order valence-electron chi connectivity index (χ4n) is 4.38. The first-order valence-electron chi connectivity index (χ1n) is 10.6. The molecule has 0 aliphatic heterocycles. The number of nitrogens with one attached hydrogen (secondary N) is 1. The van der Waals surface area contributed by atoms with Gasteiger partial charge in [0.15, 0.2) is 11.5 Å². The van der Waals surface area contributed by atoms with Crippen molar-refractivity contribution in [2.24, 2.45) is 0 Å². The Bertz CT molecular complexity index is 1130. The molecule has 0 bridgehead atoms. The van der Waals surface area contributed by atoms with E-state index in [1.165, 1.54) is 14.2 Å². The van der Waals surface area contributed by atoms with Crippen LogP contribution in [-0.4, -0.2) is 38.0 Å². The fourth-order valence-corrected chi connectivity index (χ4v) is 4.38. The van der Waals surface area contributed by atoms with Crippen molar-refractivity contribution in [2.45, 2.75) is 18.4 Å². The maximum atomic E-state index is 12.7. The van der Waals surface area contributed by atoms with E-state index >= 15 is 0 Å². The van der Waals surface area contributed by atoms with Crippen LogP contribution >= 0.6 is 0 Å². The summed E-state index contributed by atoms with van der Waals surface area (Å²) in [5.41, 5.74) is 4.96. The van der Waals surface area contributed by atoms with Gasteiger partial charge in [0.25, 0.3) is 0 Å². The molecule has 0 saturated heterocycles. The molecule has 1 aliphatic carbocycles. The number of hydrogen-bond acceptors (Lipinski definition) is 5. The van der Waals surface area contributed by atoms with Crippen molar-refractivity contribution < 1.29 is 28.9 Å². The fraction of sp³-hybridized carbons (Fsp3) is 0.231. The van der Waals surface area contributed by atoms with E-state index in [-0.39, 0.29) is 18.9 Å². The molecular formula is C26H25NO6. The zero-order chi connectivity index (χ0) is 23.4. The second kappa shape index (κ2) is 9.65. The number of carbonyl (C=O) groups excluding carboxylic acids is 1. The number of amides is 1. The average Bonchev–Trinajstić information content (AvgIpc) is 3.15. The van der Waals surface area contributed by atoms with Crippen LogP contribution in [0.5, 0.6) is 11.5 Å². The van der Waals surface area contributed by atoms with Gasteiger partial charge in [-0.3, -0.25) is 4.79 Å². The summed E-state index contributed by atoms with van der Waals surface area (Å²) in [6.45, 7) is 0.134. The molecule has 4 rings (SSSR count). The lowest BCUT2D eigenvalue weighted by molar-refractivity contribution is -0.137. The molecule has 7 nitrogen and oxygen atoms in total. The largest absolute Gasteiger partial charge is 0.493 e. The molecule has 33 heavy (non-hydrogen) atoms. The molecule has 0 radical (unpaired) electrons. The normalized spacial score (nSPS) is 12.9. The highest BCUT2D eigenvalue weighted by Gasteiger charge is 2.30. The predicted octanol–water partition coefficient (Wildman–Crippen LogP) is 4.76. The summed E-state index contributed by atoms with van der Waals surface area (Å²) in [6.07, 6.45) is -1.04. The molecule has 1 atom stereocenters. The van der Waals surface area contributed by atoms with Crippen molar-refractivity contribution >= 4 is 12.1 Å². The number of carboxylic acid groups (broad SMARTS) is 1. The van der Waals surface area contributed by atoms with Crippen LogP contribution in [0.2, 0.25) is 0 Å². The number of alkyl carbamates (subject to hydrolysis) is 1. The van der Waals surface area contributed by atoms with Gasteiger partial charge in [0.2, 0.25) is 0 Å². The highest BCUT2D eigenvalue weighted by Crippen LogP contribution is 2.44. The van der Waals surface area contributed by atoms with Crippen molar-refractivity contribution in [3.8, 4) is 22.6 Å². The number of aliphatic carboxylic acids is 1. The van der Waals surface area contributed by atoms with Crippen LogP contribution in [-0.2, 0) is 9.53 Å². The van der Waals surface area contributed by atoms with Crippen molar-refractivity contribution in [3.63, 3.8) is 0 Å². The Balaban J connectivity index is 1.52. The SMILES string of the molecule is COc1cccc(C(CC(=O)O)NC(=O)OCC2c3ccccc3-c3ccccc32)c1OC. The Morgan fingerprint density at radius 3 is 2.12 bits per heavy atom. The third-order valence-corrected chi connectivity index (χ3v) is 5.82. The van der Waals surface area contributed by atoms with Crippen molar-refractivity contribution in [1.29, 1.82) is 0 Å². The van der Waals surface area contributed by atoms with Crippen LogP contribution in [0.3, 0.4) is 0 Å². The van der Waals surface area contributed by atoms with Crippen LogP contribution in [0, 0.1) is 0 Å². The Labute approximate surface area is 191 Å². The van der Waals surface area contributed by atoms with E-state index in [2.05, 4.69) is 17.4 Å². The molecule has 1 unspecified atom stereocenters. The Hall–Kier alpha value is -4.00. The number of carbonyl (C=O) groups is 2. The average molecular weight is 447 g/mol. The van der Waals surface area contributed by atoms with E-state index in [9.17, 15) is 14.7 Å². The molecule has 0 spiro atoms. The molecule has 7 heteroatoms. The number of ether oxygens (including phenoxy) is 3. The highest BCUT2D eigenvalue weighted by molar-refractivity contribution is 5.79. The molecule has 170 valence electrons. The Morgan fingerprint density at radius 2 is 1.55 bits per heavy atom. The van der Waals surface area contributed by atoms with Crippen LogP contribution in [0.25, 0.3) is 11.1 Å². The summed E-state index contributed by atoms with van der Waals surface area (Å²) in [6, 6.07) is 20.4. The maximum Gasteiger partial charge on any atom is 0.407 e. The van der Waals surface area contributed by atoms with Crippen molar-refractivity contribution in [3.05, 3.63) is 83.4 Å². The van der Waals surface area contributed by atoms with Crippen molar-refractivity contribution in [1.82, 2.24) is 5.32 Å². The monoisotopic (exact) mass is 447 g/mol. The van der Waals surface area contributed by atoms with Crippen molar-refractivity contribution in [2.75, 3.05) is 20.8 Å². The molecule has 0 aromatic heterocycles. The number of para-hydroxylation sites is 1. The number of rotatable bonds is 8. The zero-order valence-electron chi connectivity index (χ0n) is 18.4. The van der Waals surface area contributed by atoms with E-state index in [0.717, 1.165) is 22.3 Å². The molecule has 0 heterocycles. The highest BCUT2D eigenvalue weighted by atomic mass is 16.5. The van der Waals surface area contributed by atoms with Crippen LogP contribution in [0.1, 0.15) is 35.1 Å². The minimum Gasteiger partial charge on any atom is -0.493 e. The number of carboxylic acids is 1. The van der Waals surface area contributed by atoms with Gasteiger partial charge in [0.1, 0.15) is 6.61 Å². The van der Waals surface area contributed by atoms with Crippen LogP contribution in [0.15, 0.2) is 66.7 Å². The van der Waals surface area contributed by atoms with E-state index < -0.39 is 18.1 Å². The lowest BCUT2D eigenvalue weighted by Crippen LogP contribution is -2.32. The van der Waals surface area contributed by atoms with Gasteiger partial charge in [-0.05, 0) is 28.3 Å². The number of fused-ring (bicyclic) bond motifs is 3. The lowest BCUT2D eigenvalue weighted by Gasteiger charge is -2.22. The molecule has 1 amide bonds. The second-order valence-corrected chi connectivity index (χ2v) is 7.70. The van der Waals surface area contributed by atoms with Gasteiger partial charge < -0.3 is 24.6 Å². The summed E-state index contributed by atoms with van der Waals surface area (Å²) in [5.74, 6) is -0.346. The Kier molecular flexibility index (Phi) is 6.49. The molecule has 1 aliphatic rings. The first-order valence-corrected chi connectivity index (χ1v) is 10.6. The number of benzene rings is 3. The predicted molar refractivity (Wildman–Crippen MR) is 123 cm³/mol. The molecule has 0 fully saturated rings. The number of hydrogen-bond donors (Lipinski definition) is 2. The topological polar surface area (TPSA) is 94.1 Å². The van der Waals surface area contributed by atoms with Crippen LogP contribution in [0.4, 0.5) is 4.79 Å². The minimum absolute atomic E-state index is 0.0903. The first kappa shape index (κ1) is 22.2. The van der Waals surface area contributed by atoms with Gasteiger partial charge in [0.05, 0.1) is 26.7 Å². The molecule has 3 aromatic carbocycles. The van der Waals surface area contributed by atoms with Gasteiger partial charge >= 0.3 is 12.1 Å². The summed E-state index contributed by atoms with van der Waals surface area (Å²) < 4.78 is 16.3. The third kappa shape index (κ3) is 4.48. The van der Waals surface area contributed by atoms with E-state index in [4.69, 9.17) is 14.2 Å². The summed E-state index contributed by atoms with van der Waals surface area (Å²) in [5, 5.41) is 12.1. The van der Waals surface area contributed by atoms with Gasteiger partial charge in [-0.1, -0.05) is 60.7 Å². The molecule has 3 aromatic rings. The van der Waals surface area contributed by atoms with Gasteiger partial charge in [-0.15, -0.1) is 0 Å². The van der Waals surface area contributed by atoms with Gasteiger partial charge in [-0.2, -0.15) is 0 Å². The molecule has 0 saturated carbocycles. The second-order valence-electron chi connectivity index (χ2n) is 7.70. The van der Waals surface area contributed by atoms with E-state index in [1.54, 1.807) is 18.2 Å². The molecular weight excluding hydrogens is 422 g/mol. The third-order valence-electron chi connectivity index (χ3n) is 5.82. The smallest absolute Gasteiger partial charge is 0.407 e. The molecule has 2 N–H and O–H groups in total. The lowest BCUT2D eigenvalue weighted by atomic mass is 9.98. The number of methoxy groups -OCH3 is 2. The Morgan fingerprint density at radius 1 is 0.909 bits per heavy atom. The van der Waals surface area contributed by atoms with E-state index in [1.807, 2.05) is 36.4 Å². The summed E-state index contributed by atoms with van der Waals surface area (Å²) in [4.78, 5) is 24.2. The summed E-state index contributed by atoms with van der Waals surface area (Å²) >= 11 is 0. The quantitative estimate of drug-likeness (QED) is 0.517. The maximum absolute atomic E-state index is 12.7. The minimum atomic E-state index is -1.07. The standard InChI is InChI=1S/C26H25NO6/c1-31-23-13-7-12-20(25(23)32-2)22(14-24(28)29)27-26(30)33-15-21-18-10-5-3-8-16(18)17-9-4-6-11-19(17)21/h3-13,21-22H,14-15H2,1-2H3,(H,27,30)(H,28,29). The van der Waals surface area contributed by atoms with Crippen LogP contribution < -0.4 is 14.8 Å². The van der Waals surface area contributed by atoms with E-state index in [0.29, 0.717) is 17.1 Å². The van der Waals surface area contributed by atoms with Gasteiger partial charge in [-0.25, -0.2) is 4.79 Å². The first-order chi connectivity index (χ1) is 16.0.